The number of hydrazine groups is 1. The van der Waals surface area contributed by atoms with Gasteiger partial charge in [-0.3, -0.25) is 5.84 Å². The van der Waals surface area contributed by atoms with E-state index in [-0.39, 0.29) is 10.6 Å². The van der Waals surface area contributed by atoms with Crippen LogP contribution in [0.2, 0.25) is 0 Å². The second-order valence-corrected chi connectivity index (χ2v) is 4.31. The van der Waals surface area contributed by atoms with Crippen molar-refractivity contribution < 1.29 is 18.3 Å². The molecule has 0 aliphatic carbocycles. The summed E-state index contributed by atoms with van der Waals surface area (Å²) in [6, 6.07) is 1.03. The Balaban J connectivity index is 3.29. The fourth-order valence-corrected chi connectivity index (χ4v) is 1.66. The molecular formula is C6H9N3O4S. The molecule has 1 rings (SSSR count). The summed E-state index contributed by atoms with van der Waals surface area (Å²) < 4.78 is 23.5. The average molecular weight is 219 g/mol. The van der Waals surface area contributed by atoms with Crippen LogP contribution in [-0.4, -0.2) is 24.1 Å². The lowest BCUT2D eigenvalue weighted by Crippen LogP contribution is -2.29. The van der Waals surface area contributed by atoms with Gasteiger partial charge in [-0.2, -0.15) is 4.83 Å². The molecule has 78 valence electrons. The molecule has 0 saturated heterocycles. The van der Waals surface area contributed by atoms with Gasteiger partial charge in [0.1, 0.15) is 10.6 Å². The number of sulfonamides is 1. The topological polar surface area (TPSA) is 114 Å². The molecule has 0 unspecified atom stereocenters. The van der Waals surface area contributed by atoms with E-state index in [1.807, 2.05) is 0 Å². The largest absolute Gasteiger partial charge is 0.477 e. The van der Waals surface area contributed by atoms with Crippen molar-refractivity contribution >= 4 is 16.0 Å². The molecule has 0 aromatic carbocycles. The number of nitrogens with zero attached hydrogens (tertiary/aromatic N) is 1. The van der Waals surface area contributed by atoms with Gasteiger partial charge < -0.3 is 9.67 Å². The molecule has 8 heteroatoms. The molecular weight excluding hydrogens is 210 g/mol. The second kappa shape index (κ2) is 3.40. The number of aromatic carboxylic acids is 1. The highest BCUT2D eigenvalue weighted by Gasteiger charge is 2.18. The van der Waals surface area contributed by atoms with Gasteiger partial charge in [0.15, 0.2) is 0 Å². The van der Waals surface area contributed by atoms with Gasteiger partial charge >= 0.3 is 5.97 Å². The summed E-state index contributed by atoms with van der Waals surface area (Å²) in [5.41, 5.74) is -0.126. The zero-order valence-electron chi connectivity index (χ0n) is 7.26. The normalized spacial score (nSPS) is 11.6. The van der Waals surface area contributed by atoms with Crippen LogP contribution in [0.4, 0.5) is 0 Å². The molecule has 1 heterocycles. The molecule has 0 saturated carbocycles. The van der Waals surface area contributed by atoms with E-state index in [0.29, 0.717) is 0 Å². The number of nitrogens with one attached hydrogen (secondary N) is 1. The minimum absolute atomic E-state index is 0.126. The molecule has 0 aliphatic heterocycles. The van der Waals surface area contributed by atoms with Crippen molar-refractivity contribution in [3.05, 3.63) is 18.0 Å². The van der Waals surface area contributed by atoms with Gasteiger partial charge in [0.05, 0.1) is 0 Å². The third kappa shape index (κ3) is 1.76. The zero-order chi connectivity index (χ0) is 10.9. The Bertz CT molecular complexity index is 461. The van der Waals surface area contributed by atoms with Crippen molar-refractivity contribution in [2.24, 2.45) is 12.9 Å². The standard InChI is InChI=1S/C6H9N3O4S/c1-9-3-4(14(12,13)8-7)2-5(9)6(10)11/h2-3,8H,7H2,1H3,(H,10,11). The lowest BCUT2D eigenvalue weighted by atomic mass is 10.4. The number of aromatic nitrogens is 1. The predicted molar refractivity (Wildman–Crippen MR) is 46.9 cm³/mol. The number of hydrogen-bond donors (Lipinski definition) is 3. The Morgan fingerprint density at radius 3 is 2.57 bits per heavy atom. The first-order valence-corrected chi connectivity index (χ1v) is 4.99. The van der Waals surface area contributed by atoms with Gasteiger partial charge in [0, 0.05) is 13.2 Å². The Hall–Kier alpha value is -1.38. The molecule has 4 N–H and O–H groups in total. The van der Waals surface area contributed by atoms with Crippen LogP contribution in [0.15, 0.2) is 17.2 Å². The lowest BCUT2D eigenvalue weighted by molar-refractivity contribution is 0.0686. The lowest BCUT2D eigenvalue weighted by Gasteiger charge is -1.95. The van der Waals surface area contributed by atoms with Gasteiger partial charge in [0.25, 0.3) is 10.0 Å². The number of carboxylic acids is 1. The van der Waals surface area contributed by atoms with Crippen LogP contribution in [0.3, 0.4) is 0 Å². The van der Waals surface area contributed by atoms with Crippen LogP contribution >= 0.6 is 0 Å². The third-order valence-corrected chi connectivity index (χ3v) is 2.82. The maximum atomic E-state index is 11.1. The maximum Gasteiger partial charge on any atom is 0.352 e. The van der Waals surface area contributed by atoms with Crippen molar-refractivity contribution in [2.75, 3.05) is 0 Å². The first-order chi connectivity index (χ1) is 6.38. The van der Waals surface area contributed by atoms with Crippen LogP contribution < -0.4 is 10.7 Å². The molecule has 7 nitrogen and oxygen atoms in total. The van der Waals surface area contributed by atoms with Gasteiger partial charge in [-0.15, -0.1) is 0 Å². The number of carboxylic acid groups (broad SMARTS) is 1. The summed E-state index contributed by atoms with van der Waals surface area (Å²) in [7, 11) is -2.36. The van der Waals surface area contributed by atoms with Crippen LogP contribution in [0.25, 0.3) is 0 Å². The highest BCUT2D eigenvalue weighted by Crippen LogP contribution is 2.12. The van der Waals surface area contributed by atoms with E-state index >= 15 is 0 Å². The summed E-state index contributed by atoms with van der Waals surface area (Å²) in [6.07, 6.45) is 1.17. The Labute approximate surface area is 80.2 Å². The minimum atomic E-state index is -3.79. The highest BCUT2D eigenvalue weighted by molar-refractivity contribution is 7.89. The Kier molecular flexibility index (Phi) is 2.60. The number of aryl methyl sites for hydroxylation is 1. The van der Waals surface area contributed by atoms with E-state index in [0.717, 1.165) is 6.07 Å². The summed E-state index contributed by atoms with van der Waals surface area (Å²) >= 11 is 0. The van der Waals surface area contributed by atoms with Gasteiger partial charge in [-0.25, -0.2) is 13.2 Å². The fourth-order valence-electron chi connectivity index (χ4n) is 0.962. The molecule has 0 bridgehead atoms. The van der Waals surface area contributed by atoms with Crippen molar-refractivity contribution in [3.63, 3.8) is 0 Å². The van der Waals surface area contributed by atoms with E-state index < -0.39 is 16.0 Å². The first kappa shape index (κ1) is 10.7. The third-order valence-electron chi connectivity index (χ3n) is 1.66. The smallest absolute Gasteiger partial charge is 0.352 e. The van der Waals surface area contributed by atoms with Crippen LogP contribution in [0, 0.1) is 0 Å². The second-order valence-electron chi connectivity index (χ2n) is 2.60. The molecule has 14 heavy (non-hydrogen) atoms. The van der Waals surface area contributed by atoms with Crippen molar-refractivity contribution in [3.8, 4) is 0 Å². The maximum absolute atomic E-state index is 11.1. The highest BCUT2D eigenvalue weighted by atomic mass is 32.2. The van der Waals surface area contributed by atoms with Crippen LogP contribution in [-0.2, 0) is 17.1 Å². The zero-order valence-corrected chi connectivity index (χ0v) is 8.08. The van der Waals surface area contributed by atoms with E-state index in [2.05, 4.69) is 0 Å². The predicted octanol–water partition coefficient (Wildman–Crippen LogP) is -1.12. The van der Waals surface area contributed by atoms with Gasteiger partial charge in [-0.05, 0) is 6.07 Å². The molecule has 0 amide bonds. The Morgan fingerprint density at radius 2 is 2.21 bits per heavy atom. The summed E-state index contributed by atoms with van der Waals surface area (Å²) in [5, 5.41) is 8.65. The molecule has 0 fully saturated rings. The van der Waals surface area contributed by atoms with Crippen molar-refractivity contribution in [1.82, 2.24) is 9.40 Å². The number of carbonyl (C=O) groups is 1. The van der Waals surface area contributed by atoms with Gasteiger partial charge in [-0.1, -0.05) is 0 Å². The number of nitrogens with two attached hydrogens (primary N) is 1. The van der Waals surface area contributed by atoms with E-state index in [4.69, 9.17) is 10.9 Å². The molecule has 1 aromatic heterocycles. The summed E-state index contributed by atoms with van der Waals surface area (Å²) in [4.78, 5) is 12.0. The van der Waals surface area contributed by atoms with Crippen molar-refractivity contribution in [1.29, 1.82) is 0 Å². The monoisotopic (exact) mass is 219 g/mol. The number of hydrogen-bond acceptors (Lipinski definition) is 4. The molecule has 0 spiro atoms. The first-order valence-electron chi connectivity index (χ1n) is 3.50. The molecule has 0 aliphatic rings. The molecule has 0 radical (unpaired) electrons. The fraction of sp³-hybridized carbons (Fsp3) is 0.167. The van der Waals surface area contributed by atoms with E-state index in [1.54, 1.807) is 4.83 Å². The molecule has 0 atom stereocenters. The average Bonchev–Trinajstić information content (AvgIpc) is 2.48. The Morgan fingerprint density at radius 1 is 1.64 bits per heavy atom. The SMILES string of the molecule is Cn1cc(S(=O)(=O)NN)cc1C(=O)O. The summed E-state index contributed by atoms with van der Waals surface area (Å²) in [5.74, 6) is 3.58. The quantitative estimate of drug-likeness (QED) is 0.440. The molecule has 1 aromatic rings. The van der Waals surface area contributed by atoms with Gasteiger partial charge in [0.2, 0.25) is 0 Å². The number of rotatable bonds is 3. The van der Waals surface area contributed by atoms with Crippen molar-refractivity contribution in [2.45, 2.75) is 4.90 Å². The van der Waals surface area contributed by atoms with Crippen LogP contribution in [0.1, 0.15) is 10.5 Å². The van der Waals surface area contributed by atoms with E-state index in [9.17, 15) is 13.2 Å². The van der Waals surface area contributed by atoms with E-state index in [1.165, 1.54) is 17.8 Å². The summed E-state index contributed by atoms with van der Waals surface area (Å²) in [6.45, 7) is 0. The minimum Gasteiger partial charge on any atom is -0.477 e. The van der Waals surface area contributed by atoms with Crippen LogP contribution in [0.5, 0.6) is 0 Å².